The van der Waals surface area contributed by atoms with Gasteiger partial charge >= 0.3 is 0 Å². The van der Waals surface area contributed by atoms with Gasteiger partial charge in [-0.25, -0.2) is 0 Å². The lowest BCUT2D eigenvalue weighted by Gasteiger charge is -1.05. The molecule has 0 radical (unpaired) electrons. The lowest BCUT2D eigenvalue weighted by Crippen LogP contribution is -0.856. The van der Waals surface area contributed by atoms with Crippen LogP contribution in [0, 0.1) is 0 Å². The molecular formula is C3H10O2. The Morgan fingerprint density at radius 1 is 0.600 bits per heavy atom. The Morgan fingerprint density at radius 2 is 0.800 bits per heavy atom. The third kappa shape index (κ3) is 17.1. The largest absolute Gasteiger partial charge is 0.412 e. The predicted molar refractivity (Wildman–Crippen MR) is 21.1 cm³/mol. The molecule has 0 bridgehead atoms. The second kappa shape index (κ2) is 3.92. The molecule has 0 amide bonds. The fourth-order valence-corrected chi connectivity index (χ4v) is 0. The fraction of sp³-hybridized carbons (Fsp3) is 1.00. The van der Waals surface area contributed by atoms with Crippen LogP contribution in [0.5, 0.6) is 0 Å². The summed E-state index contributed by atoms with van der Waals surface area (Å²) in [7, 11) is 0. The van der Waals surface area contributed by atoms with Crippen molar-refractivity contribution >= 4 is 0 Å². The van der Waals surface area contributed by atoms with Gasteiger partial charge < -0.3 is 11.0 Å². The standard InChI is InChI=1S/C3H6.2H2O/c1-2-3-1;;/h1-3H2;2*1H2. The van der Waals surface area contributed by atoms with Crippen LogP contribution in [0.15, 0.2) is 0 Å². The first kappa shape index (κ1) is 8.87. The first-order chi connectivity index (χ1) is 1.50. The average Bonchev–Trinajstić information content (AvgIpc) is 1.46. The van der Waals surface area contributed by atoms with Crippen molar-refractivity contribution < 1.29 is 11.0 Å². The van der Waals surface area contributed by atoms with E-state index >= 15 is 0 Å². The van der Waals surface area contributed by atoms with E-state index in [1.54, 1.807) is 0 Å². The van der Waals surface area contributed by atoms with E-state index in [-0.39, 0.29) is 11.0 Å². The van der Waals surface area contributed by atoms with E-state index in [4.69, 9.17) is 0 Å². The number of rotatable bonds is 0. The van der Waals surface area contributed by atoms with Crippen LogP contribution in [0.25, 0.3) is 0 Å². The first-order valence-corrected chi connectivity index (χ1v) is 1.50. The van der Waals surface area contributed by atoms with Crippen LogP contribution in [0.4, 0.5) is 0 Å². The predicted octanol–water partition coefficient (Wildman–Crippen LogP) is -0.479. The van der Waals surface area contributed by atoms with Crippen molar-refractivity contribution in [2.75, 3.05) is 0 Å². The van der Waals surface area contributed by atoms with Crippen molar-refractivity contribution in [3.63, 3.8) is 0 Å². The van der Waals surface area contributed by atoms with Gasteiger partial charge in [-0.1, -0.05) is 19.3 Å². The van der Waals surface area contributed by atoms with E-state index in [0.29, 0.717) is 0 Å². The van der Waals surface area contributed by atoms with Gasteiger partial charge in [0, 0.05) is 0 Å². The highest BCUT2D eigenvalue weighted by Gasteiger charge is 1.95. The molecule has 2 nitrogen and oxygen atoms in total. The minimum Gasteiger partial charge on any atom is -0.412 e. The Labute approximate surface area is 31.4 Å². The van der Waals surface area contributed by atoms with Gasteiger partial charge in [0.05, 0.1) is 0 Å². The van der Waals surface area contributed by atoms with E-state index in [1.165, 1.54) is 19.3 Å². The van der Waals surface area contributed by atoms with Gasteiger partial charge in [-0.3, -0.25) is 0 Å². The summed E-state index contributed by atoms with van der Waals surface area (Å²) in [6.07, 6.45) is 4.50. The molecule has 5 heavy (non-hydrogen) atoms. The molecule has 34 valence electrons. The Hall–Kier alpha value is -0.0800. The Bertz CT molecular complexity index is 9.61. The van der Waals surface area contributed by atoms with Gasteiger partial charge in [-0.15, -0.1) is 0 Å². The molecule has 0 aromatic rings. The van der Waals surface area contributed by atoms with Crippen molar-refractivity contribution in [3.8, 4) is 0 Å². The molecule has 2 heteroatoms. The number of hydrogen-bond acceptors (Lipinski definition) is 0. The zero-order valence-corrected chi connectivity index (χ0v) is 3.12. The van der Waals surface area contributed by atoms with Crippen molar-refractivity contribution in [3.05, 3.63) is 0 Å². The van der Waals surface area contributed by atoms with Crippen molar-refractivity contribution in [2.24, 2.45) is 0 Å². The van der Waals surface area contributed by atoms with Crippen LogP contribution in [-0.2, 0) is 0 Å². The third-order valence-electron chi connectivity index (χ3n) is 0.354. The molecule has 4 N–H and O–H groups in total. The minimum atomic E-state index is 0. The summed E-state index contributed by atoms with van der Waals surface area (Å²) in [5.74, 6) is 0. The van der Waals surface area contributed by atoms with Crippen molar-refractivity contribution in [1.29, 1.82) is 0 Å². The smallest absolute Gasteiger partial charge is 0.0533 e. The zero-order chi connectivity index (χ0) is 2.12. The van der Waals surface area contributed by atoms with E-state index in [9.17, 15) is 0 Å². The highest BCUT2D eigenvalue weighted by atomic mass is 16.0. The average molecular weight is 78.1 g/mol. The summed E-state index contributed by atoms with van der Waals surface area (Å²) in [4.78, 5) is 0. The van der Waals surface area contributed by atoms with E-state index < -0.39 is 0 Å². The molecular weight excluding hydrogens is 68.0 g/mol. The highest BCUT2D eigenvalue weighted by Crippen LogP contribution is 2.14. The Balaban J connectivity index is 0. The summed E-state index contributed by atoms with van der Waals surface area (Å²) < 4.78 is 0. The van der Waals surface area contributed by atoms with Crippen molar-refractivity contribution in [2.45, 2.75) is 19.3 Å². The first-order valence-electron chi connectivity index (χ1n) is 1.50. The van der Waals surface area contributed by atoms with Gasteiger partial charge in [-0.2, -0.15) is 0 Å². The van der Waals surface area contributed by atoms with Gasteiger partial charge in [0.2, 0.25) is 0 Å². The summed E-state index contributed by atoms with van der Waals surface area (Å²) >= 11 is 0. The third-order valence-corrected chi connectivity index (χ3v) is 0.354. The summed E-state index contributed by atoms with van der Waals surface area (Å²) in [6.45, 7) is 0. The van der Waals surface area contributed by atoms with Gasteiger partial charge in [0.1, 0.15) is 0 Å². The fourth-order valence-electron chi connectivity index (χ4n) is 0. The summed E-state index contributed by atoms with van der Waals surface area (Å²) in [5, 5.41) is 0. The summed E-state index contributed by atoms with van der Waals surface area (Å²) in [6, 6.07) is 0. The molecule has 0 heterocycles. The zero-order valence-electron chi connectivity index (χ0n) is 3.12. The molecule has 0 aliphatic heterocycles. The molecule has 1 rings (SSSR count). The molecule has 1 fully saturated rings. The van der Waals surface area contributed by atoms with E-state index in [2.05, 4.69) is 0 Å². The maximum absolute atomic E-state index is 1.50. The second-order valence-electron chi connectivity index (χ2n) is 1.06. The molecule has 1 aliphatic carbocycles. The van der Waals surface area contributed by atoms with Gasteiger partial charge in [0.15, 0.2) is 0 Å². The molecule has 0 atom stereocenters. The Morgan fingerprint density at radius 3 is 0.800 bits per heavy atom. The lowest BCUT2D eigenvalue weighted by atomic mass is 11.0. The van der Waals surface area contributed by atoms with Crippen LogP contribution < -0.4 is 0 Å². The highest BCUT2D eigenvalue weighted by molar-refractivity contribution is 4.50. The molecule has 1 aliphatic rings. The molecule has 0 aromatic heterocycles. The Kier molecular flexibility index (Phi) is 6.95. The lowest BCUT2D eigenvalue weighted by molar-refractivity contribution is 0.823. The maximum atomic E-state index is 1.50. The van der Waals surface area contributed by atoms with Crippen LogP contribution in [0.3, 0.4) is 0 Å². The van der Waals surface area contributed by atoms with Gasteiger partial charge in [-0.05, 0) is 0 Å². The molecule has 1 saturated carbocycles. The van der Waals surface area contributed by atoms with Crippen LogP contribution in [0.1, 0.15) is 19.3 Å². The molecule has 0 unspecified atom stereocenters. The van der Waals surface area contributed by atoms with Gasteiger partial charge in [0.25, 0.3) is 0 Å². The maximum Gasteiger partial charge on any atom is -0.0533 e. The minimum absolute atomic E-state index is 0. The summed E-state index contributed by atoms with van der Waals surface area (Å²) in [5.41, 5.74) is 0. The van der Waals surface area contributed by atoms with E-state index in [1.807, 2.05) is 0 Å². The molecule has 0 spiro atoms. The number of hydrogen-bond donors (Lipinski definition) is 0. The molecule has 0 aromatic carbocycles. The van der Waals surface area contributed by atoms with E-state index in [0.717, 1.165) is 0 Å². The van der Waals surface area contributed by atoms with Crippen LogP contribution >= 0.6 is 0 Å². The SMILES string of the molecule is C1CC1.O.O. The second-order valence-corrected chi connectivity index (χ2v) is 1.06. The topological polar surface area (TPSA) is 63.0 Å². The van der Waals surface area contributed by atoms with Crippen molar-refractivity contribution in [1.82, 2.24) is 0 Å². The van der Waals surface area contributed by atoms with Crippen LogP contribution in [0.2, 0.25) is 0 Å². The quantitative estimate of drug-likeness (QED) is 0.375. The normalized spacial score (nSPS) is 14.4. The molecule has 0 saturated heterocycles. The van der Waals surface area contributed by atoms with Crippen LogP contribution in [-0.4, -0.2) is 11.0 Å². The monoisotopic (exact) mass is 78.1 g/mol.